The molecule has 0 rings (SSSR count). The molecule has 0 amide bonds. The quantitative estimate of drug-likeness (QED) is 0.692. The van der Waals surface area contributed by atoms with Crippen LogP contribution in [0.1, 0.15) is 74.7 Å². The summed E-state index contributed by atoms with van der Waals surface area (Å²) in [6, 6.07) is 0. The van der Waals surface area contributed by atoms with Crippen molar-refractivity contribution in [3.63, 3.8) is 0 Å². The van der Waals surface area contributed by atoms with Gasteiger partial charge >= 0.3 is 0 Å². The molecule has 0 aliphatic heterocycles. The van der Waals surface area contributed by atoms with E-state index >= 15 is 0 Å². The number of hydrogen-bond donors (Lipinski definition) is 1. The lowest BCUT2D eigenvalue weighted by atomic mass is 9.79. The molecule has 18 heavy (non-hydrogen) atoms. The fourth-order valence-electron chi connectivity index (χ4n) is 1.97. The van der Waals surface area contributed by atoms with Gasteiger partial charge in [0.15, 0.2) is 0 Å². The average molecular weight is 274 g/mol. The van der Waals surface area contributed by atoms with E-state index in [1.807, 2.05) is 0 Å². The van der Waals surface area contributed by atoms with Gasteiger partial charge in [0.1, 0.15) is 0 Å². The molecule has 0 aromatic carbocycles. The zero-order valence-electron chi connectivity index (χ0n) is 13.9. The highest BCUT2D eigenvalue weighted by Gasteiger charge is 2.28. The Bertz CT molecular complexity index is 218. The first-order valence-corrected chi connectivity index (χ1v) is 8.41. The van der Waals surface area contributed by atoms with Crippen molar-refractivity contribution < 1.29 is 0 Å². The Morgan fingerprint density at radius 1 is 0.889 bits per heavy atom. The molecule has 110 valence electrons. The number of hydrogen-bond acceptors (Lipinski definition) is 2. The molecular weight excluding hydrogens is 238 g/mol. The molecule has 0 spiro atoms. The summed E-state index contributed by atoms with van der Waals surface area (Å²) in [4.78, 5) is 0. The highest BCUT2D eigenvalue weighted by atomic mass is 32.2. The molecular formula is C16H35NS. The van der Waals surface area contributed by atoms with Crippen LogP contribution in [0.25, 0.3) is 0 Å². The third kappa shape index (κ3) is 8.42. The molecule has 0 aliphatic carbocycles. The largest absolute Gasteiger partial charge is 0.312 e. The van der Waals surface area contributed by atoms with Gasteiger partial charge in [0.2, 0.25) is 0 Å². The molecule has 0 saturated heterocycles. The Morgan fingerprint density at radius 2 is 1.39 bits per heavy atom. The van der Waals surface area contributed by atoms with Crippen LogP contribution < -0.4 is 5.32 Å². The molecule has 0 heterocycles. The van der Waals surface area contributed by atoms with Crippen LogP contribution in [0.3, 0.4) is 0 Å². The number of rotatable bonds is 7. The van der Waals surface area contributed by atoms with Crippen molar-refractivity contribution in [2.45, 2.75) is 84.9 Å². The Balaban J connectivity index is 4.34. The molecule has 0 aliphatic rings. The second-order valence-electron chi connectivity index (χ2n) is 7.52. The molecule has 0 radical (unpaired) electrons. The molecule has 0 aromatic rings. The predicted octanol–water partition coefficient (Wildman–Crippen LogP) is 5.10. The van der Waals surface area contributed by atoms with Crippen LogP contribution in [0.2, 0.25) is 0 Å². The Morgan fingerprint density at radius 3 is 1.72 bits per heavy atom. The maximum absolute atomic E-state index is 3.70. The minimum absolute atomic E-state index is 0.229. The van der Waals surface area contributed by atoms with E-state index in [0.29, 0.717) is 10.2 Å². The van der Waals surface area contributed by atoms with Crippen LogP contribution >= 0.6 is 11.8 Å². The van der Waals surface area contributed by atoms with E-state index in [-0.39, 0.29) is 5.54 Å². The summed E-state index contributed by atoms with van der Waals surface area (Å²) in [6.07, 6.45) is 3.87. The SMILES string of the molecule is CCC(CC)(CCSC(C)(C)C)CNC(C)(C)C. The minimum Gasteiger partial charge on any atom is -0.312 e. The first-order valence-electron chi connectivity index (χ1n) is 7.42. The topological polar surface area (TPSA) is 12.0 Å². The smallest absolute Gasteiger partial charge is 0.00967 e. The van der Waals surface area contributed by atoms with Crippen molar-refractivity contribution >= 4 is 11.8 Å². The summed E-state index contributed by atoms with van der Waals surface area (Å²) in [5.41, 5.74) is 0.707. The number of nitrogens with one attached hydrogen (secondary N) is 1. The van der Waals surface area contributed by atoms with Gasteiger partial charge in [0, 0.05) is 16.8 Å². The van der Waals surface area contributed by atoms with Gasteiger partial charge in [0.25, 0.3) is 0 Å². The molecule has 0 atom stereocenters. The van der Waals surface area contributed by atoms with Crippen molar-refractivity contribution in [3.8, 4) is 0 Å². The fraction of sp³-hybridized carbons (Fsp3) is 1.00. The first-order chi connectivity index (χ1) is 8.04. The van der Waals surface area contributed by atoms with Crippen LogP contribution in [0, 0.1) is 5.41 Å². The Hall–Kier alpha value is 0.310. The second kappa shape index (κ2) is 7.19. The van der Waals surface area contributed by atoms with Gasteiger partial charge < -0.3 is 5.32 Å². The van der Waals surface area contributed by atoms with Crippen LogP contribution in [0.4, 0.5) is 0 Å². The molecule has 0 aromatic heterocycles. The standard InChI is InChI=1S/C16H35NS/c1-9-16(10-2,13-17-14(3,4)5)11-12-18-15(6,7)8/h17H,9-13H2,1-8H3. The van der Waals surface area contributed by atoms with Crippen LogP contribution in [-0.4, -0.2) is 22.6 Å². The predicted molar refractivity (Wildman–Crippen MR) is 87.6 cm³/mol. The third-order valence-corrected chi connectivity index (χ3v) is 4.94. The van der Waals surface area contributed by atoms with Crippen LogP contribution in [0.5, 0.6) is 0 Å². The van der Waals surface area contributed by atoms with E-state index in [0.717, 1.165) is 6.54 Å². The van der Waals surface area contributed by atoms with E-state index in [1.54, 1.807) is 0 Å². The van der Waals surface area contributed by atoms with E-state index in [4.69, 9.17) is 0 Å². The number of thioether (sulfide) groups is 1. The van der Waals surface area contributed by atoms with Gasteiger partial charge in [0.05, 0.1) is 0 Å². The lowest BCUT2D eigenvalue weighted by molar-refractivity contribution is 0.215. The fourth-order valence-corrected chi connectivity index (χ4v) is 3.12. The first kappa shape index (κ1) is 18.3. The monoisotopic (exact) mass is 273 g/mol. The molecule has 0 bridgehead atoms. The molecule has 0 unspecified atom stereocenters. The van der Waals surface area contributed by atoms with E-state index in [1.165, 1.54) is 25.0 Å². The zero-order chi connectivity index (χ0) is 14.4. The minimum atomic E-state index is 0.229. The van der Waals surface area contributed by atoms with Crippen molar-refractivity contribution in [3.05, 3.63) is 0 Å². The average Bonchev–Trinajstić information content (AvgIpc) is 2.20. The summed E-state index contributed by atoms with van der Waals surface area (Å²) in [6.45, 7) is 19.5. The molecule has 0 saturated carbocycles. The van der Waals surface area contributed by atoms with E-state index in [2.05, 4.69) is 72.5 Å². The Labute approximate surface area is 120 Å². The zero-order valence-corrected chi connectivity index (χ0v) is 14.8. The highest BCUT2D eigenvalue weighted by molar-refractivity contribution is 8.00. The maximum Gasteiger partial charge on any atom is 0.00967 e. The summed E-state index contributed by atoms with van der Waals surface area (Å²) < 4.78 is 0.394. The van der Waals surface area contributed by atoms with Crippen molar-refractivity contribution in [1.29, 1.82) is 0 Å². The van der Waals surface area contributed by atoms with Gasteiger partial charge in [-0.3, -0.25) is 0 Å². The van der Waals surface area contributed by atoms with Crippen LogP contribution in [0.15, 0.2) is 0 Å². The van der Waals surface area contributed by atoms with E-state index < -0.39 is 0 Å². The van der Waals surface area contributed by atoms with Gasteiger partial charge in [-0.2, -0.15) is 11.8 Å². The third-order valence-electron chi connectivity index (χ3n) is 3.66. The summed E-state index contributed by atoms with van der Waals surface area (Å²) in [7, 11) is 0. The molecule has 2 heteroatoms. The van der Waals surface area contributed by atoms with Gasteiger partial charge in [-0.1, -0.05) is 34.6 Å². The van der Waals surface area contributed by atoms with Gasteiger partial charge in [-0.25, -0.2) is 0 Å². The molecule has 0 fully saturated rings. The van der Waals surface area contributed by atoms with Crippen molar-refractivity contribution in [2.24, 2.45) is 5.41 Å². The summed E-state index contributed by atoms with van der Waals surface area (Å²) in [5, 5.41) is 3.70. The maximum atomic E-state index is 3.70. The van der Waals surface area contributed by atoms with Crippen LogP contribution in [-0.2, 0) is 0 Å². The summed E-state index contributed by atoms with van der Waals surface area (Å²) in [5.74, 6) is 1.27. The molecule has 1 nitrogen and oxygen atoms in total. The van der Waals surface area contributed by atoms with E-state index in [9.17, 15) is 0 Å². The summed E-state index contributed by atoms with van der Waals surface area (Å²) >= 11 is 2.10. The second-order valence-corrected chi connectivity index (χ2v) is 9.44. The lowest BCUT2D eigenvalue weighted by Crippen LogP contribution is -2.44. The normalized spacial score (nSPS) is 14.0. The highest BCUT2D eigenvalue weighted by Crippen LogP contribution is 2.34. The van der Waals surface area contributed by atoms with Gasteiger partial charge in [-0.05, 0) is 51.2 Å². The van der Waals surface area contributed by atoms with Crippen molar-refractivity contribution in [1.82, 2.24) is 5.32 Å². The molecule has 1 N–H and O–H groups in total. The van der Waals surface area contributed by atoms with Crippen molar-refractivity contribution in [2.75, 3.05) is 12.3 Å². The lowest BCUT2D eigenvalue weighted by Gasteiger charge is -2.36. The van der Waals surface area contributed by atoms with Gasteiger partial charge in [-0.15, -0.1) is 0 Å². The Kier molecular flexibility index (Phi) is 7.31.